The van der Waals surface area contributed by atoms with Crippen molar-refractivity contribution in [1.82, 2.24) is 20.0 Å². The lowest BCUT2D eigenvalue weighted by atomic mass is 9.46. The number of fused-ring (bicyclic) bond motifs is 2. The predicted octanol–water partition coefficient (Wildman–Crippen LogP) is 2.83. The van der Waals surface area contributed by atoms with Crippen LogP contribution in [0.2, 0.25) is 0 Å². The number of likely N-dealkylation sites (tertiary alicyclic amines) is 1. The summed E-state index contributed by atoms with van der Waals surface area (Å²) < 4.78 is 8.00. The number of ether oxygens (including phenoxy) is 1. The molecule has 2 saturated heterocycles. The van der Waals surface area contributed by atoms with Crippen molar-refractivity contribution in [3.63, 3.8) is 0 Å². The van der Waals surface area contributed by atoms with Crippen molar-refractivity contribution in [2.75, 3.05) is 26.2 Å². The SMILES string of the molecule is CCN=C(NC1C2CCOC2C12CCC2)N1CCC(Cc2cnn(C)c2)C1.I. The van der Waals surface area contributed by atoms with E-state index in [0.717, 1.165) is 38.6 Å². The van der Waals surface area contributed by atoms with Gasteiger partial charge in [-0.1, -0.05) is 6.42 Å². The number of nitrogens with zero attached hydrogens (tertiary/aromatic N) is 4. The van der Waals surface area contributed by atoms with E-state index in [4.69, 9.17) is 9.73 Å². The van der Waals surface area contributed by atoms with Crippen LogP contribution in [0.25, 0.3) is 0 Å². The Morgan fingerprint density at radius 3 is 2.93 bits per heavy atom. The van der Waals surface area contributed by atoms with Gasteiger partial charge >= 0.3 is 0 Å². The largest absolute Gasteiger partial charge is 0.377 e. The summed E-state index contributed by atoms with van der Waals surface area (Å²) in [5.41, 5.74) is 1.76. The minimum atomic E-state index is 0. The number of rotatable bonds is 4. The molecule has 4 unspecified atom stereocenters. The molecule has 4 atom stereocenters. The molecule has 2 aliphatic heterocycles. The van der Waals surface area contributed by atoms with Crippen LogP contribution in [0.1, 0.15) is 44.6 Å². The molecule has 7 heteroatoms. The average molecular weight is 499 g/mol. The fraction of sp³-hybridized carbons (Fsp3) is 0.810. The number of halogens is 1. The highest BCUT2D eigenvalue weighted by molar-refractivity contribution is 14.0. The number of nitrogens with one attached hydrogen (secondary N) is 1. The summed E-state index contributed by atoms with van der Waals surface area (Å²) in [5, 5.41) is 8.25. The zero-order valence-corrected chi connectivity index (χ0v) is 19.5. The van der Waals surface area contributed by atoms with Crippen molar-refractivity contribution in [2.45, 2.75) is 57.6 Å². The molecule has 6 nitrogen and oxygen atoms in total. The number of hydrogen-bond acceptors (Lipinski definition) is 3. The van der Waals surface area contributed by atoms with Crippen LogP contribution in [-0.2, 0) is 18.2 Å². The Hall–Kier alpha value is -0.830. The maximum absolute atomic E-state index is 6.09. The Morgan fingerprint density at radius 1 is 1.39 bits per heavy atom. The predicted molar refractivity (Wildman–Crippen MR) is 121 cm³/mol. The van der Waals surface area contributed by atoms with Crippen LogP contribution in [-0.4, -0.2) is 59.0 Å². The Kier molecular flexibility index (Phi) is 5.93. The van der Waals surface area contributed by atoms with E-state index >= 15 is 0 Å². The first-order valence-corrected chi connectivity index (χ1v) is 10.8. The summed E-state index contributed by atoms with van der Waals surface area (Å²) in [7, 11) is 2.00. The van der Waals surface area contributed by atoms with E-state index < -0.39 is 0 Å². The first-order chi connectivity index (χ1) is 13.2. The molecule has 2 saturated carbocycles. The highest BCUT2D eigenvalue weighted by Crippen LogP contribution is 2.62. The summed E-state index contributed by atoms with van der Waals surface area (Å²) in [6, 6.07) is 0.571. The van der Waals surface area contributed by atoms with E-state index in [9.17, 15) is 0 Å². The molecular weight excluding hydrogens is 465 g/mol. The van der Waals surface area contributed by atoms with Gasteiger partial charge in [-0.05, 0) is 50.5 Å². The summed E-state index contributed by atoms with van der Waals surface area (Å²) in [6.45, 7) is 6.15. The summed E-state index contributed by atoms with van der Waals surface area (Å²) in [4.78, 5) is 7.39. The third-order valence-corrected chi connectivity index (χ3v) is 7.50. The second kappa shape index (κ2) is 8.13. The standard InChI is InChI=1S/C21H33N5O.HI/c1-3-22-20(24-18-17-6-10-27-19(17)21(18)7-4-8-21)26-9-5-15(14-26)11-16-12-23-25(2)13-16;/h12-13,15,17-19H,3-11,14H2,1-2H3,(H,22,24);1H. The maximum Gasteiger partial charge on any atom is 0.194 e. The lowest BCUT2D eigenvalue weighted by Gasteiger charge is -2.63. The number of aryl methyl sites for hydroxylation is 1. The summed E-state index contributed by atoms with van der Waals surface area (Å²) in [5.74, 6) is 2.54. The lowest BCUT2D eigenvalue weighted by molar-refractivity contribution is -0.171. The fourth-order valence-electron chi connectivity index (χ4n) is 6.08. The maximum atomic E-state index is 6.09. The van der Waals surface area contributed by atoms with Crippen molar-refractivity contribution < 1.29 is 4.74 Å². The summed E-state index contributed by atoms with van der Waals surface area (Å²) >= 11 is 0. The average Bonchev–Trinajstić information content (AvgIpc) is 3.32. The van der Waals surface area contributed by atoms with Gasteiger partial charge in [0.1, 0.15) is 0 Å². The quantitative estimate of drug-likeness (QED) is 0.394. The normalized spacial score (nSPS) is 33.2. The molecule has 1 N–H and O–H groups in total. The van der Waals surface area contributed by atoms with Gasteiger partial charge in [-0.2, -0.15) is 5.10 Å². The second-order valence-electron chi connectivity index (χ2n) is 9.08. The van der Waals surface area contributed by atoms with Crippen molar-refractivity contribution in [1.29, 1.82) is 0 Å². The molecule has 1 aromatic rings. The second-order valence-corrected chi connectivity index (χ2v) is 9.08. The van der Waals surface area contributed by atoms with Crippen LogP contribution < -0.4 is 5.32 Å². The molecule has 0 aromatic carbocycles. The molecule has 28 heavy (non-hydrogen) atoms. The van der Waals surface area contributed by atoms with Gasteiger partial charge in [0, 0.05) is 56.9 Å². The molecule has 0 amide bonds. The van der Waals surface area contributed by atoms with Crippen molar-refractivity contribution in [3.8, 4) is 0 Å². The Bertz CT molecular complexity index is 715. The third-order valence-electron chi connectivity index (χ3n) is 7.50. The molecule has 1 spiro atoms. The highest BCUT2D eigenvalue weighted by atomic mass is 127. The molecule has 156 valence electrons. The zero-order chi connectivity index (χ0) is 18.4. The van der Waals surface area contributed by atoms with E-state index in [1.165, 1.54) is 37.7 Å². The third kappa shape index (κ3) is 3.36. The van der Waals surface area contributed by atoms with E-state index in [-0.39, 0.29) is 24.0 Å². The van der Waals surface area contributed by atoms with Crippen molar-refractivity contribution >= 4 is 29.9 Å². The number of guanidine groups is 1. The highest BCUT2D eigenvalue weighted by Gasteiger charge is 2.66. The van der Waals surface area contributed by atoms with Gasteiger partial charge < -0.3 is 15.0 Å². The lowest BCUT2D eigenvalue weighted by Crippen LogP contribution is -2.72. The molecule has 2 aliphatic carbocycles. The Labute approximate surface area is 185 Å². The van der Waals surface area contributed by atoms with Crippen LogP contribution in [0.3, 0.4) is 0 Å². The van der Waals surface area contributed by atoms with Crippen LogP contribution in [0.4, 0.5) is 0 Å². The monoisotopic (exact) mass is 499 g/mol. The van der Waals surface area contributed by atoms with Gasteiger partial charge in [0.15, 0.2) is 5.96 Å². The van der Waals surface area contributed by atoms with Crippen LogP contribution >= 0.6 is 24.0 Å². The topological polar surface area (TPSA) is 54.7 Å². The molecular formula is C21H34IN5O. The first-order valence-electron chi connectivity index (χ1n) is 10.8. The van der Waals surface area contributed by atoms with E-state index in [0.29, 0.717) is 29.4 Å². The molecule has 0 radical (unpaired) electrons. The molecule has 4 fully saturated rings. The van der Waals surface area contributed by atoms with Gasteiger partial charge in [0.05, 0.1) is 12.3 Å². The van der Waals surface area contributed by atoms with Crippen molar-refractivity contribution in [2.24, 2.45) is 29.3 Å². The zero-order valence-electron chi connectivity index (χ0n) is 17.1. The van der Waals surface area contributed by atoms with Crippen LogP contribution in [0.15, 0.2) is 17.4 Å². The molecule has 4 aliphatic rings. The van der Waals surface area contributed by atoms with Gasteiger partial charge in [-0.25, -0.2) is 0 Å². The minimum Gasteiger partial charge on any atom is -0.377 e. The van der Waals surface area contributed by atoms with Crippen LogP contribution in [0, 0.1) is 17.3 Å². The molecule has 5 rings (SSSR count). The number of hydrogen-bond donors (Lipinski definition) is 1. The number of aliphatic imine (C=N–C) groups is 1. The minimum absolute atomic E-state index is 0. The summed E-state index contributed by atoms with van der Waals surface area (Å²) in [6.07, 6.45) is 12.3. The van der Waals surface area contributed by atoms with Crippen LogP contribution in [0.5, 0.6) is 0 Å². The molecule has 3 heterocycles. The van der Waals surface area contributed by atoms with Gasteiger partial charge in [-0.3, -0.25) is 9.67 Å². The van der Waals surface area contributed by atoms with Gasteiger partial charge in [0.25, 0.3) is 0 Å². The molecule has 0 bridgehead atoms. The molecule has 1 aromatic heterocycles. The Balaban J connectivity index is 0.00000192. The smallest absolute Gasteiger partial charge is 0.194 e. The van der Waals surface area contributed by atoms with E-state index in [1.54, 1.807) is 0 Å². The fourth-order valence-corrected chi connectivity index (χ4v) is 6.08. The van der Waals surface area contributed by atoms with E-state index in [2.05, 4.69) is 28.4 Å². The van der Waals surface area contributed by atoms with Crippen molar-refractivity contribution in [3.05, 3.63) is 18.0 Å². The Morgan fingerprint density at radius 2 is 2.25 bits per heavy atom. The van der Waals surface area contributed by atoms with Gasteiger partial charge in [0.2, 0.25) is 0 Å². The first kappa shape index (κ1) is 20.4. The van der Waals surface area contributed by atoms with Gasteiger partial charge in [-0.15, -0.1) is 24.0 Å². The number of aromatic nitrogens is 2. The van der Waals surface area contributed by atoms with E-state index in [1.807, 2.05) is 17.9 Å².